The van der Waals surface area contributed by atoms with Crippen molar-refractivity contribution >= 4 is 29.9 Å². The van der Waals surface area contributed by atoms with Crippen LogP contribution in [0, 0.1) is 0 Å². The fourth-order valence-electron chi connectivity index (χ4n) is 4.27. The number of methoxy groups -OCH3 is 1. The maximum absolute atomic E-state index is 14.7. The monoisotopic (exact) mass is 569 g/mol. The zero-order valence-corrected chi connectivity index (χ0v) is 25.3. The summed E-state index contributed by atoms with van der Waals surface area (Å²) in [5, 5.41) is 0.770. The first kappa shape index (κ1) is 31.3. The van der Waals surface area contributed by atoms with Gasteiger partial charge in [-0.25, -0.2) is 24.7 Å². The van der Waals surface area contributed by atoms with Crippen molar-refractivity contribution in [1.82, 2.24) is 10.4 Å². The van der Waals surface area contributed by atoms with Gasteiger partial charge in [-0.05, 0) is 86.1 Å². The maximum atomic E-state index is 14.7. The fraction of sp³-hybridized carbons (Fsp3) is 0.467. The van der Waals surface area contributed by atoms with Gasteiger partial charge in [0.25, 0.3) is 5.91 Å². The Morgan fingerprint density at radius 3 is 1.88 bits per heavy atom. The van der Waals surface area contributed by atoms with Crippen LogP contribution < -0.4 is 15.1 Å². The van der Waals surface area contributed by atoms with Crippen LogP contribution in [-0.4, -0.2) is 53.1 Å². The largest absolute Gasteiger partial charge is 0.497 e. The van der Waals surface area contributed by atoms with Gasteiger partial charge in [0.05, 0.1) is 12.8 Å². The van der Waals surface area contributed by atoms with Crippen LogP contribution in [0.25, 0.3) is 0 Å². The van der Waals surface area contributed by atoms with E-state index < -0.39 is 46.5 Å². The highest BCUT2D eigenvalue weighted by Gasteiger charge is 2.62. The molecule has 0 spiro atoms. The average molecular weight is 570 g/mol. The minimum atomic E-state index is -2.14. The number of hydrogen-bond acceptors (Lipinski definition) is 8. The summed E-state index contributed by atoms with van der Waals surface area (Å²) in [6.07, 6.45) is -3.06. The van der Waals surface area contributed by atoms with Crippen LogP contribution in [-0.2, 0) is 24.5 Å². The van der Waals surface area contributed by atoms with Crippen molar-refractivity contribution < 1.29 is 38.1 Å². The standard InChI is InChI=1S/C30H39N3O8/c1-27(2,3)39-24(35)31-33(26(37)41-29(7,8)9)30(19-14-12-11-13-15-19)21-18-20(38-10)16-17-22(21)32(23(30)34)25(36)40-28(4,5)6/h11-18H,1-10H3,(H,31,35)/t30-/m1/s1. The Labute approximate surface area is 240 Å². The number of carbonyl (C=O) groups excluding carboxylic acids is 4. The van der Waals surface area contributed by atoms with Crippen molar-refractivity contribution in [3.8, 4) is 5.75 Å². The Bertz CT molecular complexity index is 1320. The van der Waals surface area contributed by atoms with Gasteiger partial charge >= 0.3 is 18.3 Å². The molecule has 0 radical (unpaired) electrons. The van der Waals surface area contributed by atoms with Crippen molar-refractivity contribution in [3.05, 3.63) is 59.7 Å². The summed E-state index contributed by atoms with van der Waals surface area (Å²) in [6.45, 7) is 14.9. The van der Waals surface area contributed by atoms with E-state index in [9.17, 15) is 19.2 Å². The van der Waals surface area contributed by atoms with E-state index in [0.29, 0.717) is 5.75 Å². The van der Waals surface area contributed by atoms with E-state index in [2.05, 4.69) is 5.43 Å². The minimum Gasteiger partial charge on any atom is -0.497 e. The average Bonchev–Trinajstić information content (AvgIpc) is 3.07. The van der Waals surface area contributed by atoms with E-state index in [1.807, 2.05) is 0 Å². The summed E-state index contributed by atoms with van der Waals surface area (Å²) in [7, 11) is 1.44. The molecule has 4 amide bonds. The van der Waals surface area contributed by atoms with Crippen LogP contribution in [0.1, 0.15) is 73.4 Å². The summed E-state index contributed by atoms with van der Waals surface area (Å²) in [5.74, 6) is -0.549. The van der Waals surface area contributed by atoms with Crippen molar-refractivity contribution in [1.29, 1.82) is 0 Å². The molecular weight excluding hydrogens is 530 g/mol. The van der Waals surface area contributed by atoms with E-state index in [4.69, 9.17) is 18.9 Å². The molecule has 0 saturated heterocycles. The number of carbonyl (C=O) groups is 4. The third-order valence-electron chi connectivity index (χ3n) is 5.63. The Balaban J connectivity index is 2.40. The van der Waals surface area contributed by atoms with E-state index in [1.54, 1.807) is 98.7 Å². The van der Waals surface area contributed by atoms with Crippen LogP contribution in [0.5, 0.6) is 5.75 Å². The van der Waals surface area contributed by atoms with E-state index in [0.717, 1.165) is 9.91 Å². The number of rotatable bonds is 3. The first-order chi connectivity index (χ1) is 18.8. The lowest BCUT2D eigenvalue weighted by atomic mass is 9.83. The molecule has 1 aliphatic heterocycles. The van der Waals surface area contributed by atoms with Gasteiger partial charge in [-0.2, -0.15) is 5.01 Å². The van der Waals surface area contributed by atoms with Crippen LogP contribution in [0.15, 0.2) is 48.5 Å². The van der Waals surface area contributed by atoms with Crippen LogP contribution in [0.3, 0.4) is 0 Å². The topological polar surface area (TPSA) is 124 Å². The molecule has 222 valence electrons. The third kappa shape index (κ3) is 6.72. The SMILES string of the molecule is COc1ccc2c(c1)[C@@](c1ccccc1)(N(NC(=O)OC(C)(C)C)C(=O)OC(C)(C)C)C(=O)N2C(=O)OC(C)(C)C. The first-order valence-corrected chi connectivity index (χ1v) is 13.1. The molecule has 1 N–H and O–H groups in total. The van der Waals surface area contributed by atoms with Gasteiger partial charge in [-0.1, -0.05) is 30.3 Å². The number of imide groups is 1. The number of anilines is 1. The highest BCUT2D eigenvalue weighted by atomic mass is 16.6. The van der Waals surface area contributed by atoms with Gasteiger partial charge in [0, 0.05) is 5.56 Å². The Hall–Kier alpha value is -4.28. The van der Waals surface area contributed by atoms with E-state index in [1.165, 1.54) is 19.2 Å². The smallest absolute Gasteiger partial charge is 0.431 e. The van der Waals surface area contributed by atoms with Gasteiger partial charge < -0.3 is 18.9 Å². The molecule has 1 aliphatic rings. The second kappa shape index (κ2) is 10.9. The zero-order chi connectivity index (χ0) is 31.0. The number of benzene rings is 2. The molecule has 2 aromatic carbocycles. The molecule has 0 bridgehead atoms. The molecule has 0 aromatic heterocycles. The van der Waals surface area contributed by atoms with Crippen molar-refractivity contribution in [3.63, 3.8) is 0 Å². The molecule has 0 unspecified atom stereocenters. The normalized spacial score (nSPS) is 16.9. The second-order valence-corrected chi connectivity index (χ2v) is 12.5. The lowest BCUT2D eigenvalue weighted by Gasteiger charge is -2.40. The van der Waals surface area contributed by atoms with Gasteiger partial charge in [0.2, 0.25) is 0 Å². The fourth-order valence-corrected chi connectivity index (χ4v) is 4.27. The molecule has 11 heteroatoms. The predicted octanol–water partition coefficient (Wildman–Crippen LogP) is 5.90. The maximum Gasteiger partial charge on any atom is 0.431 e. The predicted molar refractivity (Wildman–Crippen MR) is 151 cm³/mol. The van der Waals surface area contributed by atoms with Gasteiger partial charge in [0.1, 0.15) is 22.6 Å². The summed E-state index contributed by atoms with van der Waals surface area (Å²) < 4.78 is 22.2. The van der Waals surface area contributed by atoms with E-state index in [-0.39, 0.29) is 16.8 Å². The molecule has 0 fully saturated rings. The third-order valence-corrected chi connectivity index (χ3v) is 5.63. The molecule has 41 heavy (non-hydrogen) atoms. The first-order valence-electron chi connectivity index (χ1n) is 13.1. The molecule has 1 heterocycles. The van der Waals surface area contributed by atoms with Gasteiger partial charge in [-0.3, -0.25) is 4.79 Å². The molecule has 0 aliphatic carbocycles. The highest BCUT2D eigenvalue weighted by molar-refractivity contribution is 6.23. The van der Waals surface area contributed by atoms with Gasteiger partial charge in [-0.15, -0.1) is 0 Å². The van der Waals surface area contributed by atoms with Crippen LogP contribution in [0.4, 0.5) is 20.1 Å². The van der Waals surface area contributed by atoms with Crippen molar-refractivity contribution in [2.75, 3.05) is 12.0 Å². The van der Waals surface area contributed by atoms with Crippen molar-refractivity contribution in [2.24, 2.45) is 0 Å². The Morgan fingerprint density at radius 2 is 1.37 bits per heavy atom. The Kier molecular flexibility index (Phi) is 8.34. The summed E-state index contributed by atoms with van der Waals surface area (Å²) in [5.41, 5.74) is -2.03. The lowest BCUT2D eigenvalue weighted by molar-refractivity contribution is -0.129. The number of hydrazine groups is 1. The molecule has 11 nitrogen and oxygen atoms in total. The quantitative estimate of drug-likeness (QED) is 0.358. The van der Waals surface area contributed by atoms with Crippen LogP contribution in [0.2, 0.25) is 0 Å². The van der Waals surface area contributed by atoms with Crippen LogP contribution >= 0.6 is 0 Å². The Morgan fingerprint density at radius 1 is 0.805 bits per heavy atom. The zero-order valence-electron chi connectivity index (χ0n) is 25.3. The number of ether oxygens (including phenoxy) is 4. The number of hydrogen-bond donors (Lipinski definition) is 1. The summed E-state index contributed by atoms with van der Waals surface area (Å²) in [6, 6.07) is 12.9. The molecular formula is C30H39N3O8. The number of amides is 4. The summed E-state index contributed by atoms with van der Waals surface area (Å²) >= 11 is 0. The second-order valence-electron chi connectivity index (χ2n) is 12.5. The lowest BCUT2D eigenvalue weighted by Crippen LogP contribution is -2.64. The minimum absolute atomic E-state index is 0.133. The number of nitrogens with one attached hydrogen (secondary N) is 1. The summed E-state index contributed by atoms with van der Waals surface area (Å²) in [4.78, 5) is 56.3. The molecule has 3 rings (SSSR count). The van der Waals surface area contributed by atoms with E-state index >= 15 is 0 Å². The molecule has 1 atom stereocenters. The number of nitrogens with zero attached hydrogens (tertiary/aromatic N) is 2. The molecule has 2 aromatic rings. The van der Waals surface area contributed by atoms with Gasteiger partial charge in [0.15, 0.2) is 5.54 Å². The number of fused-ring (bicyclic) bond motifs is 1. The van der Waals surface area contributed by atoms with Crippen molar-refractivity contribution in [2.45, 2.75) is 84.7 Å². The highest BCUT2D eigenvalue weighted by Crippen LogP contribution is 2.50. The molecule has 0 saturated carbocycles.